The van der Waals surface area contributed by atoms with Gasteiger partial charge in [-0.3, -0.25) is 14.5 Å². The van der Waals surface area contributed by atoms with Crippen LogP contribution in [0.3, 0.4) is 0 Å². The molecule has 0 saturated carbocycles. The second kappa shape index (κ2) is 7.56. The smallest absolute Gasteiger partial charge is 0.232 e. The van der Waals surface area contributed by atoms with Gasteiger partial charge in [0.1, 0.15) is 0 Å². The zero-order chi connectivity index (χ0) is 20.7. The molecule has 1 heterocycles. The lowest BCUT2D eigenvalue weighted by molar-refractivity contribution is -0.119. The molecule has 0 bridgehead atoms. The van der Waals surface area contributed by atoms with Crippen LogP contribution >= 0.6 is 0 Å². The molecule has 1 aliphatic heterocycles. The SMILES string of the molecule is CCc1ccc(N2C(=O)CC(c3cccc4ccccc34)C3=C2CCCC3=O)cc1. The zero-order valence-electron chi connectivity index (χ0n) is 17.2. The molecule has 3 aromatic carbocycles. The van der Waals surface area contributed by atoms with Gasteiger partial charge in [-0.2, -0.15) is 0 Å². The second-order valence-electron chi connectivity index (χ2n) is 8.21. The summed E-state index contributed by atoms with van der Waals surface area (Å²) >= 11 is 0. The maximum absolute atomic E-state index is 13.4. The van der Waals surface area contributed by atoms with Crippen molar-refractivity contribution >= 4 is 28.2 Å². The summed E-state index contributed by atoms with van der Waals surface area (Å²) in [6.07, 6.45) is 3.43. The molecule has 0 spiro atoms. The Kier molecular flexibility index (Phi) is 4.74. The summed E-state index contributed by atoms with van der Waals surface area (Å²) in [7, 11) is 0. The molecular weight excluding hydrogens is 370 g/mol. The Bertz CT molecular complexity index is 1170. The molecule has 0 radical (unpaired) electrons. The Morgan fingerprint density at radius 3 is 2.47 bits per heavy atom. The van der Waals surface area contributed by atoms with Crippen LogP contribution in [0.1, 0.15) is 49.7 Å². The van der Waals surface area contributed by atoms with Crippen molar-refractivity contribution in [3.05, 3.63) is 89.1 Å². The fourth-order valence-corrected chi connectivity index (χ4v) is 4.99. The molecule has 1 unspecified atom stereocenters. The van der Waals surface area contributed by atoms with E-state index in [1.54, 1.807) is 0 Å². The van der Waals surface area contributed by atoms with Crippen molar-refractivity contribution in [3.8, 4) is 0 Å². The van der Waals surface area contributed by atoms with Gasteiger partial charge in [-0.25, -0.2) is 0 Å². The summed E-state index contributed by atoms with van der Waals surface area (Å²) in [5.41, 5.74) is 4.95. The van der Waals surface area contributed by atoms with Gasteiger partial charge in [0.25, 0.3) is 0 Å². The lowest BCUT2D eigenvalue weighted by atomic mass is 9.76. The van der Waals surface area contributed by atoms with E-state index in [9.17, 15) is 9.59 Å². The number of hydrogen-bond acceptors (Lipinski definition) is 2. The molecule has 0 fully saturated rings. The number of fused-ring (bicyclic) bond motifs is 1. The monoisotopic (exact) mass is 395 g/mol. The largest absolute Gasteiger partial charge is 0.294 e. The fourth-order valence-electron chi connectivity index (χ4n) is 4.99. The highest BCUT2D eigenvalue weighted by atomic mass is 16.2. The normalized spacial score (nSPS) is 19.4. The van der Waals surface area contributed by atoms with Gasteiger partial charge >= 0.3 is 0 Å². The van der Waals surface area contributed by atoms with Gasteiger partial charge in [0, 0.05) is 35.7 Å². The van der Waals surface area contributed by atoms with E-state index in [-0.39, 0.29) is 17.6 Å². The summed E-state index contributed by atoms with van der Waals surface area (Å²) in [6.45, 7) is 2.12. The Hall–Kier alpha value is -3.20. The highest BCUT2D eigenvalue weighted by Gasteiger charge is 2.40. The summed E-state index contributed by atoms with van der Waals surface area (Å²) in [4.78, 5) is 28.4. The second-order valence-corrected chi connectivity index (χ2v) is 8.21. The van der Waals surface area contributed by atoms with Crippen LogP contribution in [0.15, 0.2) is 78.0 Å². The number of ketones is 1. The van der Waals surface area contributed by atoms with Crippen LogP contribution in [0.25, 0.3) is 10.8 Å². The minimum absolute atomic E-state index is 0.0747. The number of rotatable bonds is 3. The van der Waals surface area contributed by atoms with E-state index in [0.29, 0.717) is 12.8 Å². The number of anilines is 1. The first-order valence-corrected chi connectivity index (χ1v) is 10.8. The molecule has 1 aliphatic carbocycles. The zero-order valence-corrected chi connectivity index (χ0v) is 17.2. The number of carbonyl (C=O) groups is 2. The molecule has 150 valence electrons. The Morgan fingerprint density at radius 1 is 0.900 bits per heavy atom. The van der Waals surface area contributed by atoms with Crippen molar-refractivity contribution in [3.63, 3.8) is 0 Å². The lowest BCUT2D eigenvalue weighted by Crippen LogP contribution is -2.40. The molecule has 5 rings (SSSR count). The van der Waals surface area contributed by atoms with E-state index in [4.69, 9.17) is 0 Å². The van der Waals surface area contributed by atoms with E-state index in [0.717, 1.165) is 52.6 Å². The number of Topliss-reactive ketones (excluding diaryl/α,β-unsaturated/α-hetero) is 1. The molecule has 0 N–H and O–H groups in total. The average Bonchev–Trinajstić information content (AvgIpc) is 2.78. The molecule has 3 heteroatoms. The summed E-state index contributed by atoms with van der Waals surface area (Å²) < 4.78 is 0. The minimum Gasteiger partial charge on any atom is -0.294 e. The molecule has 3 aromatic rings. The highest BCUT2D eigenvalue weighted by molar-refractivity contribution is 6.08. The lowest BCUT2D eigenvalue weighted by Gasteiger charge is -2.38. The topological polar surface area (TPSA) is 37.4 Å². The first-order valence-electron chi connectivity index (χ1n) is 10.8. The summed E-state index contributed by atoms with van der Waals surface area (Å²) in [5.74, 6) is 0.0973. The molecule has 1 atom stereocenters. The number of hydrogen-bond donors (Lipinski definition) is 0. The predicted octanol–water partition coefficient (Wildman–Crippen LogP) is 5.93. The number of nitrogens with zero attached hydrogens (tertiary/aromatic N) is 1. The van der Waals surface area contributed by atoms with Crippen molar-refractivity contribution in [1.29, 1.82) is 0 Å². The Balaban J connectivity index is 1.67. The van der Waals surface area contributed by atoms with Gasteiger partial charge in [0.2, 0.25) is 5.91 Å². The van der Waals surface area contributed by atoms with Crippen LogP contribution < -0.4 is 4.90 Å². The third-order valence-electron chi connectivity index (χ3n) is 6.48. The van der Waals surface area contributed by atoms with Crippen molar-refractivity contribution in [1.82, 2.24) is 0 Å². The maximum Gasteiger partial charge on any atom is 0.232 e. The van der Waals surface area contributed by atoms with Gasteiger partial charge in [-0.1, -0.05) is 61.5 Å². The molecule has 1 amide bonds. The van der Waals surface area contributed by atoms with Crippen molar-refractivity contribution in [2.45, 2.75) is 44.9 Å². The van der Waals surface area contributed by atoms with Crippen molar-refractivity contribution in [2.24, 2.45) is 0 Å². The number of carbonyl (C=O) groups excluding carboxylic acids is 2. The predicted molar refractivity (Wildman–Crippen MR) is 120 cm³/mol. The Morgan fingerprint density at radius 2 is 1.67 bits per heavy atom. The van der Waals surface area contributed by atoms with E-state index >= 15 is 0 Å². The highest BCUT2D eigenvalue weighted by Crippen LogP contribution is 2.44. The number of amides is 1. The molecular formula is C27H25NO2. The van der Waals surface area contributed by atoms with Gasteiger partial charge in [0.05, 0.1) is 0 Å². The third-order valence-corrected chi connectivity index (χ3v) is 6.48. The molecule has 3 nitrogen and oxygen atoms in total. The first-order chi connectivity index (χ1) is 14.7. The number of aryl methyl sites for hydroxylation is 1. The standard InChI is InChI=1S/C27H25NO2/c1-2-18-13-15-20(16-14-18)28-24-11-6-12-25(29)27(24)23(17-26(28)30)22-10-5-8-19-7-3-4-9-21(19)22/h3-5,7-10,13-16,23H,2,6,11-12,17H2,1H3. The summed E-state index contributed by atoms with van der Waals surface area (Å²) in [6, 6.07) is 22.6. The van der Waals surface area contributed by atoms with Crippen LogP contribution in [0, 0.1) is 0 Å². The van der Waals surface area contributed by atoms with E-state index in [1.165, 1.54) is 5.56 Å². The van der Waals surface area contributed by atoms with Crippen LogP contribution in [-0.4, -0.2) is 11.7 Å². The van der Waals surface area contributed by atoms with E-state index in [2.05, 4.69) is 43.3 Å². The van der Waals surface area contributed by atoms with Crippen LogP contribution in [-0.2, 0) is 16.0 Å². The van der Waals surface area contributed by atoms with Gasteiger partial charge in [-0.15, -0.1) is 0 Å². The first kappa shape index (κ1) is 18.8. The summed E-state index contributed by atoms with van der Waals surface area (Å²) in [5, 5.41) is 2.27. The Labute approximate surface area is 177 Å². The molecule has 2 aliphatic rings. The van der Waals surface area contributed by atoms with Crippen LogP contribution in [0.5, 0.6) is 0 Å². The molecule has 0 saturated heterocycles. The van der Waals surface area contributed by atoms with Crippen molar-refractivity contribution in [2.75, 3.05) is 4.90 Å². The van der Waals surface area contributed by atoms with Crippen molar-refractivity contribution < 1.29 is 9.59 Å². The van der Waals surface area contributed by atoms with Crippen LogP contribution in [0.2, 0.25) is 0 Å². The van der Waals surface area contributed by atoms with Crippen LogP contribution in [0.4, 0.5) is 5.69 Å². The fraction of sp³-hybridized carbons (Fsp3) is 0.259. The average molecular weight is 396 g/mol. The number of benzene rings is 3. The van der Waals surface area contributed by atoms with E-state index in [1.807, 2.05) is 35.2 Å². The maximum atomic E-state index is 13.4. The van der Waals surface area contributed by atoms with Gasteiger partial charge in [-0.05, 0) is 53.3 Å². The quantitative estimate of drug-likeness (QED) is 0.551. The molecule has 0 aromatic heterocycles. The molecule has 30 heavy (non-hydrogen) atoms. The van der Waals surface area contributed by atoms with Gasteiger partial charge < -0.3 is 0 Å². The number of allylic oxidation sites excluding steroid dienone is 2. The minimum atomic E-state index is -0.169. The van der Waals surface area contributed by atoms with E-state index < -0.39 is 0 Å². The third kappa shape index (κ3) is 3.06. The van der Waals surface area contributed by atoms with Gasteiger partial charge in [0.15, 0.2) is 5.78 Å².